The fourth-order valence-electron chi connectivity index (χ4n) is 7.91. The summed E-state index contributed by atoms with van der Waals surface area (Å²) in [6.07, 6.45) is 9.42. The van der Waals surface area contributed by atoms with Gasteiger partial charge in [0, 0.05) is 44.3 Å². The van der Waals surface area contributed by atoms with Crippen LogP contribution in [0, 0.1) is 0 Å². The molecule has 7 N–H and O–H groups in total. The van der Waals surface area contributed by atoms with Crippen molar-refractivity contribution in [3.8, 4) is 50.3 Å². The Hall–Kier alpha value is -7.73. The number of carbonyl (C=O) groups is 3. The van der Waals surface area contributed by atoms with Gasteiger partial charge in [-0.15, -0.1) is 0 Å². The molecule has 0 atom stereocenters. The molecule has 2 aliphatic heterocycles. The molecule has 12 nitrogen and oxygen atoms in total. The number of carboxylic acids is 3. The first-order valence-corrected chi connectivity index (χ1v) is 20.3. The van der Waals surface area contributed by atoms with Gasteiger partial charge in [-0.3, -0.25) is 0 Å². The van der Waals surface area contributed by atoms with Gasteiger partial charge in [0.1, 0.15) is 5.75 Å². The molecule has 0 unspecified atom stereocenters. The van der Waals surface area contributed by atoms with Crippen LogP contribution in [0.15, 0.2) is 121 Å². The van der Waals surface area contributed by atoms with Crippen LogP contribution in [0.2, 0.25) is 0 Å². The third-order valence-corrected chi connectivity index (χ3v) is 11.0. The molecule has 7 aromatic rings. The van der Waals surface area contributed by atoms with Crippen molar-refractivity contribution in [2.45, 2.75) is 12.8 Å². The molecule has 3 aromatic heterocycles. The largest absolute Gasteiger partial charge is 2.00 e. The van der Waals surface area contributed by atoms with Crippen molar-refractivity contribution in [1.29, 1.82) is 0 Å². The van der Waals surface area contributed by atoms with E-state index in [0.29, 0.717) is 63.6 Å². The number of carboxylic acid groups (broad SMARTS) is 3. The second kappa shape index (κ2) is 18.3. The Kier molecular flexibility index (Phi) is 12.3. The third kappa shape index (κ3) is 8.54. The van der Waals surface area contributed by atoms with Crippen LogP contribution in [0.4, 0.5) is 0 Å². The molecule has 0 spiro atoms. The first kappa shape index (κ1) is 42.9. The van der Waals surface area contributed by atoms with Gasteiger partial charge in [0.15, 0.2) is 0 Å². The van der Waals surface area contributed by atoms with E-state index in [9.17, 15) is 29.7 Å². The number of aromatic amines is 2. The maximum absolute atomic E-state index is 11.9. The molecule has 0 radical (unpaired) electrons. The van der Waals surface area contributed by atoms with Crippen LogP contribution in [-0.2, 0) is 19.5 Å². The molecular weight excluding hydrogens is 860 g/mol. The first-order valence-electron chi connectivity index (χ1n) is 20.3. The summed E-state index contributed by atoms with van der Waals surface area (Å²) in [5, 5.41) is 29.2. The Balaban J connectivity index is 0.00000560. The van der Waals surface area contributed by atoms with Gasteiger partial charge < -0.3 is 35.8 Å². The van der Waals surface area contributed by atoms with E-state index in [1.807, 2.05) is 72.8 Å². The van der Waals surface area contributed by atoms with Gasteiger partial charge in [0.2, 0.25) is 0 Å². The zero-order chi connectivity index (χ0) is 43.6. The number of fused-ring (bicyclic) bond motifs is 8. The maximum atomic E-state index is 11.9. The van der Waals surface area contributed by atoms with Gasteiger partial charge in [0.05, 0.1) is 46.1 Å². The minimum Gasteiger partial charge on any atom is -0.494 e. The van der Waals surface area contributed by atoms with Crippen LogP contribution in [-0.4, -0.2) is 66.3 Å². The fraction of sp³-hybridized carbons (Fsp3) is 0.0784. The molecular formula is C51H39N5O7Zn+2. The number of rotatable bonds is 12. The van der Waals surface area contributed by atoms with Gasteiger partial charge in [-0.05, 0) is 139 Å². The van der Waals surface area contributed by atoms with E-state index in [-0.39, 0.29) is 36.2 Å². The molecule has 5 heterocycles. The summed E-state index contributed by atoms with van der Waals surface area (Å²) in [5.41, 5.74) is 17.4. The molecule has 13 heteroatoms. The topological polar surface area (TPSA) is 205 Å². The van der Waals surface area contributed by atoms with Crippen LogP contribution >= 0.6 is 0 Å². The van der Waals surface area contributed by atoms with Gasteiger partial charge in [0.25, 0.3) is 0 Å². The monoisotopic (exact) mass is 897 g/mol. The number of ether oxygens (including phenoxy) is 1. The summed E-state index contributed by atoms with van der Waals surface area (Å²) in [4.78, 5) is 53.4. The van der Waals surface area contributed by atoms with E-state index in [1.54, 1.807) is 72.8 Å². The predicted molar refractivity (Wildman–Crippen MR) is 245 cm³/mol. The summed E-state index contributed by atoms with van der Waals surface area (Å²) in [7, 11) is 0. The number of aromatic carboxylic acids is 3. The van der Waals surface area contributed by atoms with Gasteiger partial charge in [-0.2, -0.15) is 0 Å². The van der Waals surface area contributed by atoms with Crippen molar-refractivity contribution in [2.75, 3.05) is 13.2 Å². The quantitative estimate of drug-likeness (QED) is 0.0506. The minimum atomic E-state index is -1.05. The fourth-order valence-corrected chi connectivity index (χ4v) is 7.91. The Morgan fingerprint density at radius 2 is 0.750 bits per heavy atom. The van der Waals surface area contributed by atoms with Crippen molar-refractivity contribution in [2.24, 2.45) is 5.73 Å². The average Bonchev–Trinajstić information content (AvgIpc) is 4.15. The van der Waals surface area contributed by atoms with Crippen molar-refractivity contribution in [3.63, 3.8) is 0 Å². The predicted octanol–water partition coefficient (Wildman–Crippen LogP) is 10.5. The van der Waals surface area contributed by atoms with Crippen molar-refractivity contribution in [3.05, 3.63) is 161 Å². The van der Waals surface area contributed by atoms with Crippen molar-refractivity contribution >= 4 is 64.3 Å². The van der Waals surface area contributed by atoms with E-state index in [1.165, 1.54) is 0 Å². The normalized spacial score (nSPS) is 11.6. The van der Waals surface area contributed by atoms with E-state index in [2.05, 4.69) is 9.97 Å². The molecule has 2 aliphatic rings. The molecule has 64 heavy (non-hydrogen) atoms. The van der Waals surface area contributed by atoms with E-state index < -0.39 is 17.9 Å². The van der Waals surface area contributed by atoms with E-state index >= 15 is 0 Å². The number of unbranched alkanes of at least 4 members (excludes halogenated alkanes) is 1. The Morgan fingerprint density at radius 3 is 1.03 bits per heavy atom. The second-order valence-electron chi connectivity index (χ2n) is 15.0. The second-order valence-corrected chi connectivity index (χ2v) is 15.0. The van der Waals surface area contributed by atoms with Gasteiger partial charge in [-0.25, -0.2) is 24.4 Å². The number of hydrogen-bond donors (Lipinski definition) is 6. The minimum absolute atomic E-state index is 0. The summed E-state index contributed by atoms with van der Waals surface area (Å²) >= 11 is 0. The van der Waals surface area contributed by atoms with Crippen LogP contribution in [0.25, 0.3) is 90.9 Å². The summed E-state index contributed by atoms with van der Waals surface area (Å²) < 4.78 is 6.01. The van der Waals surface area contributed by atoms with Crippen LogP contribution in [0.3, 0.4) is 0 Å². The zero-order valence-electron chi connectivity index (χ0n) is 34.3. The smallest absolute Gasteiger partial charge is 0.494 e. The summed E-state index contributed by atoms with van der Waals surface area (Å²) in [6.45, 7) is 1.15. The van der Waals surface area contributed by atoms with E-state index in [4.69, 9.17) is 20.4 Å². The first-order chi connectivity index (χ1) is 30.6. The van der Waals surface area contributed by atoms with Gasteiger partial charge >= 0.3 is 37.4 Å². The Morgan fingerprint density at radius 1 is 0.453 bits per heavy atom. The van der Waals surface area contributed by atoms with Crippen molar-refractivity contribution < 1.29 is 53.9 Å². The average molecular weight is 899 g/mol. The van der Waals surface area contributed by atoms with Crippen LogP contribution in [0.5, 0.6) is 5.75 Å². The SMILES string of the molecule is NCCCCOc1ccc(-c2c3nc(c(-c4ccc(C(=O)O)cc4)c4ccc([nH]4)c(-c4ccc(C(=O)O)cc4)c4nc(c(-c5ccc(C(=O)O)cc5)c5ccc2[nH]5)C=C4)C=C3)cc1.[Zn+2]. The summed E-state index contributed by atoms with van der Waals surface area (Å²) in [5.74, 6) is -2.40. The molecule has 4 aromatic carbocycles. The molecule has 0 saturated heterocycles. The molecule has 0 fully saturated rings. The Bertz CT molecular complexity index is 3110. The molecule has 0 saturated carbocycles. The zero-order valence-corrected chi connectivity index (χ0v) is 37.3. The van der Waals surface area contributed by atoms with Crippen molar-refractivity contribution in [1.82, 2.24) is 19.9 Å². The van der Waals surface area contributed by atoms with Gasteiger partial charge in [-0.1, -0.05) is 48.5 Å². The van der Waals surface area contributed by atoms with E-state index in [0.717, 1.165) is 57.5 Å². The molecule has 8 bridgehead atoms. The Labute approximate surface area is 379 Å². The summed E-state index contributed by atoms with van der Waals surface area (Å²) in [6, 6.07) is 35.6. The maximum Gasteiger partial charge on any atom is 2.00 e. The number of nitrogens with zero attached hydrogens (tertiary/aromatic N) is 2. The number of aromatic nitrogens is 4. The number of benzene rings is 4. The van der Waals surface area contributed by atoms with Crippen LogP contribution in [0.1, 0.15) is 66.7 Å². The standard InChI is InChI=1S/C51H39N5O7.Zn/c52-27-1-2-28-63-36-17-15-32(16-18-36)48-43-25-23-41(55-43)46(30-5-11-34(12-6-30)50(59)60)39-21-19-37(53-39)45(29-3-9-33(10-4-29)49(57)58)38-20-22-40(54-38)47(42-24-26-44(48)56-42)31-7-13-35(14-8-31)51(61)62;/h3-26,53,56H,1-2,27-28,52H2,(H,57,58)(H,59,60)(H,61,62);/q;+2. The number of hydrogen-bond acceptors (Lipinski definition) is 7. The van der Waals surface area contributed by atoms with Crippen LogP contribution < -0.4 is 10.5 Å². The molecule has 0 amide bonds. The molecule has 9 rings (SSSR count). The molecule has 310 valence electrons. The number of nitrogens with two attached hydrogens (primary N) is 1. The number of H-pyrrole nitrogens is 2. The number of nitrogens with one attached hydrogen (secondary N) is 2. The molecule has 0 aliphatic carbocycles. The third-order valence-electron chi connectivity index (χ3n) is 11.0.